The first-order valence-electron chi connectivity index (χ1n) is 10.1. The average molecular weight is 519 g/mol. The number of carbonyl (C=O) groups excluding carboxylic acids is 1. The normalized spacial score (nSPS) is 11.0. The molecule has 3 rings (SSSR count). The molecule has 0 fully saturated rings. The molecule has 0 bridgehead atoms. The number of hydrogen-bond donors (Lipinski definition) is 4. The van der Waals surface area contributed by atoms with E-state index in [-0.39, 0.29) is 36.4 Å². The van der Waals surface area contributed by atoms with Gasteiger partial charge in [0.15, 0.2) is 5.96 Å². The SMILES string of the molecule is CCNC(=NCC(=O)NCCc1ccccc1)NCCc1c[nH]c2ccccc12.I. The van der Waals surface area contributed by atoms with E-state index in [4.69, 9.17) is 0 Å². The highest BCUT2D eigenvalue weighted by molar-refractivity contribution is 14.0. The van der Waals surface area contributed by atoms with E-state index in [1.807, 2.05) is 31.2 Å². The van der Waals surface area contributed by atoms with Gasteiger partial charge in [-0.15, -0.1) is 24.0 Å². The molecule has 0 aliphatic carbocycles. The highest BCUT2D eigenvalue weighted by Gasteiger charge is 2.05. The van der Waals surface area contributed by atoms with Crippen molar-refractivity contribution in [1.82, 2.24) is 20.9 Å². The van der Waals surface area contributed by atoms with Crippen LogP contribution < -0.4 is 16.0 Å². The van der Waals surface area contributed by atoms with E-state index in [2.05, 4.69) is 62.5 Å². The third-order valence-corrected chi connectivity index (χ3v) is 4.67. The summed E-state index contributed by atoms with van der Waals surface area (Å²) >= 11 is 0. The number of nitrogens with one attached hydrogen (secondary N) is 4. The van der Waals surface area contributed by atoms with Crippen molar-refractivity contribution < 1.29 is 4.79 Å². The highest BCUT2D eigenvalue weighted by atomic mass is 127. The summed E-state index contributed by atoms with van der Waals surface area (Å²) in [5, 5.41) is 10.7. The van der Waals surface area contributed by atoms with Crippen molar-refractivity contribution in [3.63, 3.8) is 0 Å². The fraction of sp³-hybridized carbons (Fsp3) is 0.304. The number of aromatic nitrogens is 1. The van der Waals surface area contributed by atoms with Gasteiger partial charge in [0.1, 0.15) is 6.54 Å². The number of halogens is 1. The van der Waals surface area contributed by atoms with Gasteiger partial charge in [-0.25, -0.2) is 4.99 Å². The largest absolute Gasteiger partial charge is 0.361 e. The van der Waals surface area contributed by atoms with Crippen molar-refractivity contribution in [2.45, 2.75) is 19.8 Å². The maximum atomic E-state index is 12.1. The van der Waals surface area contributed by atoms with Gasteiger partial charge in [-0.2, -0.15) is 0 Å². The van der Waals surface area contributed by atoms with Crippen molar-refractivity contribution in [2.75, 3.05) is 26.2 Å². The predicted molar refractivity (Wildman–Crippen MR) is 135 cm³/mol. The van der Waals surface area contributed by atoms with Gasteiger partial charge in [0.05, 0.1) is 0 Å². The fourth-order valence-corrected chi connectivity index (χ4v) is 3.19. The van der Waals surface area contributed by atoms with Crippen LogP contribution in [0.4, 0.5) is 0 Å². The van der Waals surface area contributed by atoms with E-state index in [0.717, 1.165) is 31.4 Å². The number of nitrogens with zero attached hydrogens (tertiary/aromatic N) is 1. The maximum Gasteiger partial charge on any atom is 0.241 e. The summed E-state index contributed by atoms with van der Waals surface area (Å²) in [5.41, 5.74) is 3.63. The molecule has 160 valence electrons. The summed E-state index contributed by atoms with van der Waals surface area (Å²) < 4.78 is 0. The molecule has 0 radical (unpaired) electrons. The zero-order chi connectivity index (χ0) is 20.3. The summed E-state index contributed by atoms with van der Waals surface area (Å²) in [5.74, 6) is 0.584. The van der Waals surface area contributed by atoms with Crippen LogP contribution in [0, 0.1) is 0 Å². The summed E-state index contributed by atoms with van der Waals surface area (Å²) in [7, 11) is 0. The zero-order valence-electron chi connectivity index (χ0n) is 17.3. The molecule has 3 aromatic rings. The minimum absolute atomic E-state index is 0. The van der Waals surface area contributed by atoms with Crippen molar-refractivity contribution in [3.8, 4) is 0 Å². The van der Waals surface area contributed by atoms with Crippen LogP contribution in [0.2, 0.25) is 0 Å². The van der Waals surface area contributed by atoms with E-state index in [1.54, 1.807) is 0 Å². The lowest BCUT2D eigenvalue weighted by Crippen LogP contribution is -2.39. The number of aliphatic imine (C=N–C) groups is 1. The van der Waals surface area contributed by atoms with E-state index >= 15 is 0 Å². The van der Waals surface area contributed by atoms with Gasteiger partial charge in [-0.1, -0.05) is 48.5 Å². The lowest BCUT2D eigenvalue weighted by molar-refractivity contribution is -0.119. The number of guanidine groups is 1. The second kappa shape index (κ2) is 12.9. The minimum atomic E-state index is -0.0743. The molecular weight excluding hydrogens is 489 g/mol. The molecule has 0 aliphatic rings. The monoisotopic (exact) mass is 519 g/mol. The lowest BCUT2D eigenvalue weighted by Gasteiger charge is -2.11. The molecule has 0 atom stereocenters. The van der Waals surface area contributed by atoms with Crippen molar-refractivity contribution in [3.05, 3.63) is 71.9 Å². The Morgan fingerprint density at radius 3 is 2.47 bits per heavy atom. The second-order valence-corrected chi connectivity index (χ2v) is 6.82. The van der Waals surface area contributed by atoms with Crippen LogP contribution in [-0.4, -0.2) is 43.0 Å². The number of carbonyl (C=O) groups is 1. The number of hydrogen-bond acceptors (Lipinski definition) is 2. The van der Waals surface area contributed by atoms with Crippen molar-refractivity contribution in [2.24, 2.45) is 4.99 Å². The lowest BCUT2D eigenvalue weighted by atomic mass is 10.1. The first-order chi connectivity index (χ1) is 14.3. The van der Waals surface area contributed by atoms with Gasteiger partial charge in [0, 0.05) is 36.7 Å². The van der Waals surface area contributed by atoms with Crippen LogP contribution in [0.25, 0.3) is 10.9 Å². The molecule has 0 saturated carbocycles. The van der Waals surface area contributed by atoms with Gasteiger partial charge in [0.25, 0.3) is 0 Å². The second-order valence-electron chi connectivity index (χ2n) is 6.82. The first-order valence-corrected chi connectivity index (χ1v) is 10.1. The Hall–Kier alpha value is -2.55. The summed E-state index contributed by atoms with van der Waals surface area (Å²) in [6.45, 7) is 4.22. The fourth-order valence-electron chi connectivity index (χ4n) is 3.19. The van der Waals surface area contributed by atoms with Crippen LogP contribution in [0.1, 0.15) is 18.1 Å². The quantitative estimate of drug-likeness (QED) is 0.199. The Bertz CT molecular complexity index is 939. The minimum Gasteiger partial charge on any atom is -0.361 e. The molecule has 2 aromatic carbocycles. The molecule has 0 aliphatic heterocycles. The van der Waals surface area contributed by atoms with Gasteiger partial charge in [-0.05, 0) is 37.0 Å². The van der Waals surface area contributed by atoms with E-state index in [1.165, 1.54) is 16.5 Å². The topological polar surface area (TPSA) is 81.3 Å². The summed E-state index contributed by atoms with van der Waals surface area (Å²) in [6, 6.07) is 18.4. The van der Waals surface area contributed by atoms with Gasteiger partial charge in [-0.3, -0.25) is 4.79 Å². The molecule has 0 unspecified atom stereocenters. The maximum absolute atomic E-state index is 12.1. The Labute approximate surface area is 195 Å². The number of para-hydroxylation sites is 1. The first kappa shape index (κ1) is 23.7. The zero-order valence-corrected chi connectivity index (χ0v) is 19.6. The van der Waals surface area contributed by atoms with Crippen LogP contribution >= 0.6 is 24.0 Å². The van der Waals surface area contributed by atoms with Crippen molar-refractivity contribution in [1.29, 1.82) is 0 Å². The molecule has 1 heterocycles. The molecular formula is C23H30IN5O. The Balaban J connectivity index is 0.00000320. The number of benzene rings is 2. The van der Waals surface area contributed by atoms with E-state index in [0.29, 0.717) is 12.5 Å². The Kier molecular flexibility index (Phi) is 10.2. The molecule has 7 heteroatoms. The number of aromatic amines is 1. The standard InChI is InChI=1S/C23H29N5O.HI/c1-2-24-23(26-15-13-19-16-27-21-11-7-6-10-20(19)21)28-17-22(29)25-14-12-18-8-4-3-5-9-18;/h3-11,16,27H,2,12-15,17H2,1H3,(H,25,29)(H2,24,26,28);1H. The molecule has 6 nitrogen and oxygen atoms in total. The van der Waals surface area contributed by atoms with Crippen molar-refractivity contribution >= 4 is 46.7 Å². The number of H-pyrrole nitrogens is 1. The van der Waals surface area contributed by atoms with E-state index < -0.39 is 0 Å². The predicted octanol–water partition coefficient (Wildman–Crippen LogP) is 3.24. The number of fused-ring (bicyclic) bond motifs is 1. The highest BCUT2D eigenvalue weighted by Crippen LogP contribution is 2.17. The third-order valence-electron chi connectivity index (χ3n) is 4.67. The molecule has 1 amide bonds. The Morgan fingerprint density at radius 2 is 1.67 bits per heavy atom. The number of rotatable bonds is 9. The van der Waals surface area contributed by atoms with Gasteiger partial charge < -0.3 is 20.9 Å². The molecule has 30 heavy (non-hydrogen) atoms. The third kappa shape index (κ3) is 7.37. The van der Waals surface area contributed by atoms with Crippen LogP contribution in [0.5, 0.6) is 0 Å². The molecule has 0 saturated heterocycles. The molecule has 4 N–H and O–H groups in total. The molecule has 1 aromatic heterocycles. The van der Waals surface area contributed by atoms with E-state index in [9.17, 15) is 4.79 Å². The number of amides is 1. The van der Waals surface area contributed by atoms with Crippen LogP contribution in [0.3, 0.4) is 0 Å². The summed E-state index contributed by atoms with van der Waals surface area (Å²) in [4.78, 5) is 19.8. The Morgan fingerprint density at radius 1 is 0.933 bits per heavy atom. The molecule has 0 spiro atoms. The average Bonchev–Trinajstić information content (AvgIpc) is 3.16. The van der Waals surface area contributed by atoms with Gasteiger partial charge >= 0.3 is 0 Å². The smallest absolute Gasteiger partial charge is 0.241 e. The van der Waals surface area contributed by atoms with Crippen LogP contribution in [0.15, 0.2) is 65.8 Å². The summed E-state index contributed by atoms with van der Waals surface area (Å²) in [6.07, 6.45) is 3.74. The van der Waals surface area contributed by atoms with Gasteiger partial charge in [0.2, 0.25) is 5.91 Å². The van der Waals surface area contributed by atoms with Crippen LogP contribution in [-0.2, 0) is 17.6 Å².